The maximum absolute atomic E-state index is 14.1. The average molecular weight is 444 g/mol. The van der Waals surface area contributed by atoms with Crippen LogP contribution in [0.4, 0.5) is 0 Å². The topological polar surface area (TPSA) is 64.6 Å². The number of allylic oxidation sites excluding steroid dienone is 4. The molecule has 2 aliphatic carbocycles. The number of ether oxygens (including phenoxy) is 2. The van der Waals surface area contributed by atoms with E-state index in [9.17, 15) is 9.59 Å². The molecule has 0 aromatic carbocycles. The van der Waals surface area contributed by atoms with Crippen LogP contribution in [0.25, 0.3) is 0 Å². The minimum Gasteiger partial charge on any atom is -0.352 e. The fraction of sp³-hybridized carbons (Fsp3) is 0.778. The van der Waals surface area contributed by atoms with Crippen molar-refractivity contribution in [2.45, 2.75) is 105 Å². The number of carbonyl (C=O) groups excluding carboxylic acids is 2. The quantitative estimate of drug-likeness (QED) is 0.484. The molecule has 0 aromatic heterocycles. The molecule has 0 aromatic rings. The number of Topliss-reactive ketones (excluding diaryl/α,β-unsaturated/α-hetero) is 1. The van der Waals surface area contributed by atoms with Crippen molar-refractivity contribution in [1.29, 1.82) is 0 Å². The Morgan fingerprint density at radius 2 is 1.69 bits per heavy atom. The van der Waals surface area contributed by atoms with Crippen LogP contribution in [0.5, 0.6) is 0 Å². The molecule has 4 aliphatic rings. The Morgan fingerprint density at radius 3 is 2.31 bits per heavy atom. The van der Waals surface area contributed by atoms with E-state index in [1.807, 2.05) is 13.8 Å². The third-order valence-electron chi connectivity index (χ3n) is 8.29. The van der Waals surface area contributed by atoms with E-state index in [2.05, 4.69) is 52.1 Å². The fourth-order valence-corrected chi connectivity index (χ4v) is 6.84. The molecule has 7 unspecified atom stereocenters. The fourth-order valence-electron chi connectivity index (χ4n) is 6.84. The van der Waals surface area contributed by atoms with Gasteiger partial charge in [-0.15, -0.1) is 0 Å². The molecule has 178 valence electrons. The van der Waals surface area contributed by atoms with Crippen molar-refractivity contribution in [2.24, 2.45) is 29.1 Å². The van der Waals surface area contributed by atoms with E-state index in [1.54, 1.807) is 0 Å². The average Bonchev–Trinajstić information content (AvgIpc) is 3.14. The lowest BCUT2D eigenvalue weighted by molar-refractivity contribution is -0.151. The molecule has 0 bridgehead atoms. The van der Waals surface area contributed by atoms with Crippen molar-refractivity contribution in [3.05, 3.63) is 23.3 Å². The molecule has 5 nitrogen and oxygen atoms in total. The van der Waals surface area contributed by atoms with Crippen LogP contribution < -0.4 is 5.32 Å². The lowest BCUT2D eigenvalue weighted by Gasteiger charge is -2.45. The first-order chi connectivity index (χ1) is 15.0. The molecule has 2 fully saturated rings. The first-order valence-electron chi connectivity index (χ1n) is 12.5. The molecule has 1 N–H and O–H groups in total. The summed E-state index contributed by atoms with van der Waals surface area (Å²) in [5.74, 6) is -0.186. The molecule has 4 rings (SSSR count). The lowest BCUT2D eigenvalue weighted by atomic mass is 9.54. The minimum atomic E-state index is -1.02. The van der Waals surface area contributed by atoms with Gasteiger partial charge in [0.05, 0.1) is 12.2 Å². The summed E-state index contributed by atoms with van der Waals surface area (Å²) >= 11 is 0. The minimum absolute atomic E-state index is 0.0160. The normalized spacial score (nSPS) is 41.8. The molecule has 1 amide bonds. The van der Waals surface area contributed by atoms with Crippen LogP contribution >= 0.6 is 0 Å². The van der Waals surface area contributed by atoms with Crippen molar-refractivity contribution in [3.63, 3.8) is 0 Å². The van der Waals surface area contributed by atoms with E-state index < -0.39 is 11.2 Å². The Labute approximate surface area is 193 Å². The second kappa shape index (κ2) is 8.39. The summed E-state index contributed by atoms with van der Waals surface area (Å²) in [4.78, 5) is 27.9. The number of amides is 1. The van der Waals surface area contributed by atoms with Crippen molar-refractivity contribution < 1.29 is 19.1 Å². The molecule has 5 heteroatoms. The predicted molar refractivity (Wildman–Crippen MR) is 125 cm³/mol. The van der Waals surface area contributed by atoms with Gasteiger partial charge in [-0.1, -0.05) is 44.1 Å². The van der Waals surface area contributed by atoms with E-state index in [-0.39, 0.29) is 47.7 Å². The summed E-state index contributed by atoms with van der Waals surface area (Å²) < 4.78 is 12.4. The number of hydrogen-bond donors (Lipinski definition) is 1. The van der Waals surface area contributed by atoms with Gasteiger partial charge in [-0.3, -0.25) is 9.59 Å². The van der Waals surface area contributed by atoms with E-state index in [4.69, 9.17) is 9.47 Å². The summed E-state index contributed by atoms with van der Waals surface area (Å²) in [6, 6.07) is 0.0316. The number of hydrogen-bond acceptors (Lipinski definition) is 4. The Bertz CT molecular complexity index is 841. The van der Waals surface area contributed by atoms with Gasteiger partial charge in [0.2, 0.25) is 5.91 Å². The van der Waals surface area contributed by atoms with E-state index in [0.29, 0.717) is 18.8 Å². The first kappa shape index (κ1) is 23.7. The Morgan fingerprint density at radius 1 is 1.06 bits per heavy atom. The number of rotatable bonds is 2. The van der Waals surface area contributed by atoms with Crippen LogP contribution in [0.3, 0.4) is 0 Å². The van der Waals surface area contributed by atoms with Gasteiger partial charge in [-0.2, -0.15) is 0 Å². The molecule has 2 aliphatic heterocycles. The smallest absolute Gasteiger partial charge is 0.235 e. The molecular weight excluding hydrogens is 402 g/mol. The zero-order valence-corrected chi connectivity index (χ0v) is 20.9. The first-order valence-corrected chi connectivity index (χ1v) is 12.5. The third-order valence-corrected chi connectivity index (χ3v) is 8.29. The van der Waals surface area contributed by atoms with Crippen LogP contribution in [0, 0.1) is 29.1 Å². The van der Waals surface area contributed by atoms with Gasteiger partial charge < -0.3 is 14.8 Å². The van der Waals surface area contributed by atoms with E-state index in [0.717, 1.165) is 19.3 Å². The van der Waals surface area contributed by atoms with Gasteiger partial charge in [0.1, 0.15) is 11.2 Å². The zero-order valence-electron chi connectivity index (χ0n) is 20.9. The van der Waals surface area contributed by atoms with Gasteiger partial charge in [0.15, 0.2) is 5.79 Å². The molecule has 0 saturated carbocycles. The van der Waals surface area contributed by atoms with Crippen LogP contribution in [-0.2, 0) is 19.1 Å². The standard InChI is InChI=1S/C27H41NO4/c1-15(2)12-20-24-18(5)17(4)14-19-13-16(3)8-9-21-22(32-26(6,7)31-21)10-11-23(29)27(19,24)25(30)28-20/h13-15,18-22,24H,8-12H2,1-7H3,(H,28,30). The monoisotopic (exact) mass is 443 g/mol. The van der Waals surface area contributed by atoms with Gasteiger partial charge in [0.25, 0.3) is 0 Å². The third kappa shape index (κ3) is 3.90. The highest BCUT2D eigenvalue weighted by atomic mass is 16.7. The highest BCUT2D eigenvalue weighted by Crippen LogP contribution is 2.55. The number of carbonyl (C=O) groups is 2. The predicted octanol–water partition coefficient (Wildman–Crippen LogP) is 4.96. The largest absolute Gasteiger partial charge is 0.352 e. The van der Waals surface area contributed by atoms with Crippen molar-refractivity contribution >= 4 is 11.7 Å². The molecule has 0 radical (unpaired) electrons. The Kier molecular flexibility index (Phi) is 6.21. The van der Waals surface area contributed by atoms with Crippen molar-refractivity contribution in [3.8, 4) is 0 Å². The summed E-state index contributed by atoms with van der Waals surface area (Å²) in [5, 5.41) is 3.29. The second-order valence-electron chi connectivity index (χ2n) is 11.6. The molecular formula is C27H41NO4. The van der Waals surface area contributed by atoms with E-state index in [1.165, 1.54) is 11.1 Å². The molecule has 2 saturated heterocycles. The highest BCUT2D eigenvalue weighted by Gasteiger charge is 2.65. The summed E-state index contributed by atoms with van der Waals surface area (Å²) in [5.41, 5.74) is 1.49. The summed E-state index contributed by atoms with van der Waals surface area (Å²) in [6.45, 7) is 14.7. The maximum atomic E-state index is 14.1. The van der Waals surface area contributed by atoms with Crippen LogP contribution in [-0.4, -0.2) is 35.7 Å². The van der Waals surface area contributed by atoms with E-state index >= 15 is 0 Å². The lowest BCUT2D eigenvalue weighted by Crippen LogP contribution is -2.52. The molecule has 32 heavy (non-hydrogen) atoms. The number of ketones is 1. The van der Waals surface area contributed by atoms with Gasteiger partial charge >= 0.3 is 0 Å². The SMILES string of the molecule is CC1=CC2C=C(C)C(C)C3C(CC(C)C)NC(=O)C23C(=O)CCC2OC(C)(C)OC2CC1. The van der Waals surface area contributed by atoms with Crippen LogP contribution in [0.1, 0.15) is 80.6 Å². The maximum Gasteiger partial charge on any atom is 0.235 e. The Balaban J connectivity index is 1.78. The molecule has 1 spiro atoms. The number of nitrogens with one attached hydrogen (secondary N) is 1. The van der Waals surface area contributed by atoms with Crippen molar-refractivity contribution in [1.82, 2.24) is 5.32 Å². The van der Waals surface area contributed by atoms with Crippen LogP contribution in [0.2, 0.25) is 0 Å². The highest BCUT2D eigenvalue weighted by molar-refractivity contribution is 6.09. The van der Waals surface area contributed by atoms with Gasteiger partial charge in [0, 0.05) is 24.3 Å². The molecule has 2 heterocycles. The van der Waals surface area contributed by atoms with Gasteiger partial charge in [-0.25, -0.2) is 0 Å². The zero-order chi connectivity index (χ0) is 23.4. The summed E-state index contributed by atoms with van der Waals surface area (Å²) in [7, 11) is 0. The van der Waals surface area contributed by atoms with Crippen LogP contribution in [0.15, 0.2) is 23.3 Å². The summed E-state index contributed by atoms with van der Waals surface area (Å²) in [6.07, 6.45) is 7.89. The van der Waals surface area contributed by atoms with Gasteiger partial charge in [-0.05, 0) is 65.2 Å². The second-order valence-corrected chi connectivity index (χ2v) is 11.6. The number of fused-ring (bicyclic) bond motifs is 1. The molecule has 7 atom stereocenters. The van der Waals surface area contributed by atoms with Crippen molar-refractivity contribution in [2.75, 3.05) is 0 Å². The Hall–Kier alpha value is -1.46.